The van der Waals surface area contributed by atoms with Gasteiger partial charge < -0.3 is 25.6 Å². The number of aliphatic hydroxyl groups excluding tert-OH is 1. The van der Waals surface area contributed by atoms with Crippen LogP contribution in [0.2, 0.25) is 0 Å². The predicted octanol–water partition coefficient (Wildman–Crippen LogP) is -0.311. The highest BCUT2D eigenvalue weighted by Gasteiger charge is 2.27. The molecule has 0 saturated heterocycles. The van der Waals surface area contributed by atoms with Gasteiger partial charge in [-0.25, -0.2) is 9.59 Å². The lowest BCUT2D eigenvalue weighted by Crippen LogP contribution is -2.48. The van der Waals surface area contributed by atoms with Crippen LogP contribution in [0.25, 0.3) is 0 Å². The smallest absolute Gasteiger partial charge is 0.326 e. The first-order chi connectivity index (χ1) is 8.56. The van der Waals surface area contributed by atoms with E-state index in [4.69, 9.17) is 14.9 Å². The van der Waals surface area contributed by atoms with Gasteiger partial charge in [0.2, 0.25) is 0 Å². The van der Waals surface area contributed by atoms with Gasteiger partial charge in [0, 0.05) is 26.2 Å². The molecule has 7 heteroatoms. The monoisotopic (exact) mass is 260 g/mol. The summed E-state index contributed by atoms with van der Waals surface area (Å²) in [5, 5.41) is 22.6. The van der Waals surface area contributed by atoms with Crippen LogP contribution >= 0.6 is 0 Å². The van der Waals surface area contributed by atoms with Crippen LogP contribution in [0.1, 0.15) is 25.7 Å². The van der Waals surface area contributed by atoms with Crippen molar-refractivity contribution in [3.05, 3.63) is 0 Å². The average Bonchev–Trinajstić information content (AvgIpc) is 2.76. The summed E-state index contributed by atoms with van der Waals surface area (Å²) >= 11 is 0. The van der Waals surface area contributed by atoms with E-state index in [1.807, 2.05) is 0 Å². The predicted molar refractivity (Wildman–Crippen MR) is 63.2 cm³/mol. The molecule has 1 saturated carbocycles. The van der Waals surface area contributed by atoms with Gasteiger partial charge in [-0.05, 0) is 19.3 Å². The maximum atomic E-state index is 11.6. The molecular formula is C11H20N2O5. The lowest BCUT2D eigenvalue weighted by atomic mass is 10.2. The van der Waals surface area contributed by atoms with E-state index in [1.54, 1.807) is 7.11 Å². The molecule has 0 radical (unpaired) electrons. The van der Waals surface area contributed by atoms with Crippen molar-refractivity contribution in [3.8, 4) is 0 Å². The molecule has 0 bridgehead atoms. The summed E-state index contributed by atoms with van der Waals surface area (Å²) in [6.45, 7) is -0.285. The Morgan fingerprint density at radius 1 is 1.44 bits per heavy atom. The van der Waals surface area contributed by atoms with Gasteiger partial charge in [0.05, 0.1) is 6.10 Å². The quantitative estimate of drug-likeness (QED) is 0.524. The molecule has 0 aromatic rings. The van der Waals surface area contributed by atoms with Crippen molar-refractivity contribution in [2.24, 2.45) is 0 Å². The van der Waals surface area contributed by atoms with Crippen LogP contribution in [0.4, 0.5) is 4.79 Å². The Morgan fingerprint density at radius 3 is 2.67 bits per heavy atom. The fourth-order valence-electron chi connectivity index (χ4n) is 2.06. The molecule has 0 aromatic heterocycles. The number of nitrogens with one attached hydrogen (secondary N) is 2. The number of hydrogen-bond donors (Lipinski definition) is 4. The SMILES string of the molecule is COC1CCC(NC(=O)N[C@H](CCO)C(=O)O)C1. The van der Waals surface area contributed by atoms with Crippen molar-refractivity contribution in [1.29, 1.82) is 0 Å². The zero-order valence-electron chi connectivity index (χ0n) is 10.4. The van der Waals surface area contributed by atoms with Gasteiger partial charge >= 0.3 is 12.0 Å². The van der Waals surface area contributed by atoms with Crippen LogP contribution in [0, 0.1) is 0 Å². The van der Waals surface area contributed by atoms with Gasteiger partial charge in [0.25, 0.3) is 0 Å². The summed E-state index contributed by atoms with van der Waals surface area (Å²) in [4.78, 5) is 22.4. The molecule has 1 aliphatic rings. The van der Waals surface area contributed by atoms with Gasteiger partial charge in [-0.2, -0.15) is 0 Å². The second kappa shape index (κ2) is 7.17. The molecule has 2 amide bonds. The van der Waals surface area contributed by atoms with Crippen LogP contribution in [-0.4, -0.2) is 54.1 Å². The van der Waals surface area contributed by atoms with Crippen molar-refractivity contribution >= 4 is 12.0 Å². The van der Waals surface area contributed by atoms with Gasteiger partial charge in [-0.15, -0.1) is 0 Å². The van der Waals surface area contributed by atoms with E-state index in [0.717, 1.165) is 19.3 Å². The molecule has 1 rings (SSSR count). The Labute approximate surface area is 106 Å². The Hall–Kier alpha value is -1.34. The Kier molecular flexibility index (Phi) is 5.87. The second-order valence-corrected chi connectivity index (χ2v) is 4.39. The zero-order valence-corrected chi connectivity index (χ0v) is 10.4. The molecule has 3 atom stereocenters. The molecule has 2 unspecified atom stereocenters. The first-order valence-electron chi connectivity index (χ1n) is 6.00. The van der Waals surface area contributed by atoms with Crippen molar-refractivity contribution in [2.75, 3.05) is 13.7 Å². The number of rotatable bonds is 6. The fraction of sp³-hybridized carbons (Fsp3) is 0.818. The van der Waals surface area contributed by atoms with Crippen molar-refractivity contribution in [1.82, 2.24) is 10.6 Å². The summed E-state index contributed by atoms with van der Waals surface area (Å²) in [5.41, 5.74) is 0. The van der Waals surface area contributed by atoms with Crippen LogP contribution < -0.4 is 10.6 Å². The summed E-state index contributed by atoms with van der Waals surface area (Å²) in [6, 6.07) is -1.56. The second-order valence-electron chi connectivity index (χ2n) is 4.39. The Morgan fingerprint density at radius 2 is 2.17 bits per heavy atom. The topological polar surface area (TPSA) is 108 Å². The van der Waals surface area contributed by atoms with E-state index in [2.05, 4.69) is 10.6 Å². The third-order valence-corrected chi connectivity index (χ3v) is 3.07. The molecule has 0 aromatic carbocycles. The Balaban J connectivity index is 2.34. The molecular weight excluding hydrogens is 240 g/mol. The molecule has 4 N–H and O–H groups in total. The number of carbonyl (C=O) groups is 2. The molecule has 0 spiro atoms. The first kappa shape index (κ1) is 14.7. The Bertz CT molecular complexity index is 297. The van der Waals surface area contributed by atoms with E-state index in [0.29, 0.717) is 0 Å². The molecule has 1 aliphatic carbocycles. The molecule has 18 heavy (non-hydrogen) atoms. The highest BCUT2D eigenvalue weighted by atomic mass is 16.5. The minimum atomic E-state index is -1.15. The minimum absolute atomic E-state index is 0.00584. The van der Waals surface area contributed by atoms with E-state index >= 15 is 0 Å². The van der Waals surface area contributed by atoms with Crippen molar-refractivity contribution in [2.45, 2.75) is 43.9 Å². The lowest BCUT2D eigenvalue weighted by Gasteiger charge is -2.17. The number of carboxylic acids is 1. The van der Waals surface area contributed by atoms with Gasteiger partial charge in [0.15, 0.2) is 0 Å². The lowest BCUT2D eigenvalue weighted by molar-refractivity contribution is -0.139. The van der Waals surface area contributed by atoms with Gasteiger partial charge in [-0.1, -0.05) is 0 Å². The number of ether oxygens (including phenoxy) is 1. The van der Waals surface area contributed by atoms with Crippen LogP contribution in [0.3, 0.4) is 0 Å². The molecule has 7 nitrogen and oxygen atoms in total. The van der Waals surface area contributed by atoms with Crippen molar-refractivity contribution in [3.63, 3.8) is 0 Å². The number of aliphatic carboxylic acids is 1. The number of methoxy groups -OCH3 is 1. The maximum absolute atomic E-state index is 11.6. The average molecular weight is 260 g/mol. The zero-order chi connectivity index (χ0) is 13.5. The van der Waals surface area contributed by atoms with Crippen molar-refractivity contribution < 1.29 is 24.5 Å². The number of amides is 2. The first-order valence-corrected chi connectivity index (χ1v) is 6.00. The largest absolute Gasteiger partial charge is 0.480 e. The number of aliphatic hydroxyl groups is 1. The van der Waals surface area contributed by atoms with Crippen LogP contribution in [-0.2, 0) is 9.53 Å². The third-order valence-electron chi connectivity index (χ3n) is 3.07. The van der Waals surface area contributed by atoms with Gasteiger partial charge in [-0.3, -0.25) is 0 Å². The van der Waals surface area contributed by atoms with E-state index in [9.17, 15) is 9.59 Å². The standard InChI is InChI=1S/C11H20N2O5/c1-18-8-3-2-7(6-8)12-11(17)13-9(4-5-14)10(15)16/h7-9,14H,2-6H2,1H3,(H,15,16)(H2,12,13,17)/t7?,8?,9-/m1/s1. The third kappa shape index (κ3) is 4.50. The molecule has 1 fully saturated rings. The van der Waals surface area contributed by atoms with Crippen LogP contribution in [0.5, 0.6) is 0 Å². The van der Waals surface area contributed by atoms with E-state index < -0.39 is 18.0 Å². The fourth-order valence-corrected chi connectivity index (χ4v) is 2.06. The number of urea groups is 1. The molecule has 104 valence electrons. The minimum Gasteiger partial charge on any atom is -0.480 e. The normalized spacial score (nSPS) is 24.6. The number of hydrogen-bond acceptors (Lipinski definition) is 4. The summed E-state index contributed by atoms with van der Waals surface area (Å²) in [5.74, 6) is -1.15. The highest BCUT2D eigenvalue weighted by Crippen LogP contribution is 2.21. The maximum Gasteiger partial charge on any atom is 0.326 e. The summed E-state index contributed by atoms with van der Waals surface area (Å²) in [7, 11) is 1.63. The highest BCUT2D eigenvalue weighted by molar-refractivity contribution is 5.82. The number of carboxylic acid groups (broad SMARTS) is 1. The van der Waals surface area contributed by atoms with Gasteiger partial charge in [0.1, 0.15) is 6.04 Å². The summed E-state index contributed by atoms with van der Waals surface area (Å²) in [6.07, 6.45) is 2.60. The molecule has 0 aliphatic heterocycles. The number of carbonyl (C=O) groups excluding carboxylic acids is 1. The summed E-state index contributed by atoms with van der Waals surface area (Å²) < 4.78 is 5.18. The van der Waals surface area contributed by atoms with E-state index in [1.165, 1.54) is 0 Å². The van der Waals surface area contributed by atoms with E-state index in [-0.39, 0.29) is 25.2 Å². The molecule has 0 heterocycles. The van der Waals surface area contributed by atoms with Crippen LogP contribution in [0.15, 0.2) is 0 Å².